The summed E-state index contributed by atoms with van der Waals surface area (Å²) in [5.41, 5.74) is 0.904. The topological polar surface area (TPSA) is 43.4 Å². The zero-order valence-electron chi connectivity index (χ0n) is 10.2. The zero-order chi connectivity index (χ0) is 11.9. The Morgan fingerprint density at radius 1 is 1.47 bits per heavy atom. The lowest BCUT2D eigenvalue weighted by Crippen LogP contribution is -2.53. The minimum Gasteiger partial charge on any atom is -0.372 e. The summed E-state index contributed by atoms with van der Waals surface area (Å²) in [5, 5.41) is 5.65. The molecule has 3 rings (SSSR count). The van der Waals surface area contributed by atoms with Crippen molar-refractivity contribution in [2.75, 3.05) is 19.8 Å². The van der Waals surface area contributed by atoms with E-state index in [1.54, 1.807) is 0 Å². The molecule has 0 bridgehead atoms. The van der Waals surface area contributed by atoms with Crippen LogP contribution in [0.25, 0.3) is 0 Å². The first-order valence-corrected chi connectivity index (χ1v) is 6.86. The van der Waals surface area contributed by atoms with Crippen LogP contribution in [0.4, 0.5) is 0 Å². The van der Waals surface area contributed by atoms with Gasteiger partial charge in [0.25, 0.3) is 0 Å². The molecule has 0 amide bonds. The first kappa shape index (κ1) is 11.6. The number of hydrogen-bond acceptors (Lipinski definition) is 5. The van der Waals surface area contributed by atoms with Crippen molar-refractivity contribution < 1.29 is 9.47 Å². The van der Waals surface area contributed by atoms with E-state index < -0.39 is 0 Å². The van der Waals surface area contributed by atoms with E-state index in [1.165, 1.54) is 17.1 Å². The van der Waals surface area contributed by atoms with Crippen molar-refractivity contribution in [3.05, 3.63) is 17.1 Å². The van der Waals surface area contributed by atoms with Crippen LogP contribution in [0, 0.1) is 0 Å². The summed E-state index contributed by atoms with van der Waals surface area (Å²) in [5.74, 6) is 0. The van der Waals surface area contributed by atoms with Gasteiger partial charge in [0.2, 0.25) is 0 Å². The second-order valence-electron chi connectivity index (χ2n) is 5.48. The van der Waals surface area contributed by atoms with E-state index in [1.807, 2.05) is 6.20 Å². The molecule has 2 aliphatic rings. The summed E-state index contributed by atoms with van der Waals surface area (Å²) in [4.78, 5) is 0. The lowest BCUT2D eigenvalue weighted by Gasteiger charge is -2.41. The number of aromatic nitrogens is 1. The van der Waals surface area contributed by atoms with Crippen LogP contribution in [0.2, 0.25) is 0 Å². The van der Waals surface area contributed by atoms with Gasteiger partial charge in [-0.05, 0) is 25.4 Å². The number of nitrogens with one attached hydrogen (secondary N) is 1. The Balaban J connectivity index is 1.91. The number of hydrogen-bond donors (Lipinski definition) is 1. The molecule has 1 aromatic heterocycles. The first-order valence-electron chi connectivity index (χ1n) is 6.02. The second-order valence-corrected chi connectivity index (χ2v) is 6.14. The molecule has 4 nitrogen and oxygen atoms in total. The minimum absolute atomic E-state index is 0.0965. The molecule has 3 heterocycles. The fourth-order valence-corrected chi connectivity index (χ4v) is 3.48. The van der Waals surface area contributed by atoms with E-state index >= 15 is 0 Å². The van der Waals surface area contributed by atoms with Crippen molar-refractivity contribution in [3.8, 4) is 0 Å². The summed E-state index contributed by atoms with van der Waals surface area (Å²) in [6.45, 7) is 6.56. The number of morpholine rings is 1. The Kier molecular flexibility index (Phi) is 2.74. The third kappa shape index (κ3) is 2.01. The normalized spacial score (nSPS) is 36.5. The largest absolute Gasteiger partial charge is 0.372 e. The van der Waals surface area contributed by atoms with E-state index in [-0.39, 0.29) is 17.2 Å². The van der Waals surface area contributed by atoms with Crippen LogP contribution >= 0.6 is 11.5 Å². The molecule has 94 valence electrons. The van der Waals surface area contributed by atoms with Gasteiger partial charge in [0, 0.05) is 30.1 Å². The van der Waals surface area contributed by atoms with Crippen LogP contribution in [0.5, 0.6) is 0 Å². The van der Waals surface area contributed by atoms with E-state index in [2.05, 4.69) is 28.9 Å². The smallest absolute Gasteiger partial charge is 0.114 e. The summed E-state index contributed by atoms with van der Waals surface area (Å²) < 4.78 is 16.2. The van der Waals surface area contributed by atoms with Gasteiger partial charge in [-0.2, -0.15) is 0 Å². The number of nitrogens with zero attached hydrogens (tertiary/aromatic N) is 1. The van der Waals surface area contributed by atoms with E-state index in [0.717, 1.165) is 19.6 Å². The Labute approximate surface area is 105 Å². The highest BCUT2D eigenvalue weighted by Crippen LogP contribution is 2.44. The molecule has 2 atom stereocenters. The van der Waals surface area contributed by atoms with Crippen LogP contribution in [-0.4, -0.2) is 35.3 Å². The van der Waals surface area contributed by atoms with Crippen molar-refractivity contribution in [1.29, 1.82) is 0 Å². The molecular weight excluding hydrogens is 236 g/mol. The highest BCUT2D eigenvalue weighted by atomic mass is 32.1. The lowest BCUT2D eigenvalue weighted by molar-refractivity contribution is -0.0992. The molecule has 0 aliphatic carbocycles. The van der Waals surface area contributed by atoms with E-state index in [4.69, 9.17) is 9.47 Å². The third-order valence-corrected chi connectivity index (χ3v) is 4.19. The van der Waals surface area contributed by atoms with Crippen LogP contribution in [0.3, 0.4) is 0 Å². The molecule has 1 N–H and O–H groups in total. The van der Waals surface area contributed by atoms with Gasteiger partial charge < -0.3 is 14.8 Å². The molecule has 17 heavy (non-hydrogen) atoms. The second kappa shape index (κ2) is 4.02. The molecule has 2 aliphatic heterocycles. The van der Waals surface area contributed by atoms with Crippen molar-refractivity contribution in [2.45, 2.75) is 37.5 Å². The fourth-order valence-electron chi connectivity index (χ4n) is 2.92. The SMILES string of the molecule is CC1(C)CC2(CO1)OCCNC2c1cnsc1. The van der Waals surface area contributed by atoms with Gasteiger partial charge in [-0.3, -0.25) is 0 Å². The van der Waals surface area contributed by atoms with E-state index in [0.29, 0.717) is 6.61 Å². The molecule has 0 radical (unpaired) electrons. The standard InChI is InChI=1S/C12H18N2O2S/c1-11(2)7-12(8-16-11)10(13-3-4-15-12)9-5-14-17-6-9/h5-6,10,13H,3-4,7-8H2,1-2H3. The van der Waals surface area contributed by atoms with Gasteiger partial charge in [-0.1, -0.05) is 0 Å². The summed E-state index contributed by atoms with van der Waals surface area (Å²) in [6, 6.07) is 0.205. The van der Waals surface area contributed by atoms with Gasteiger partial charge in [0.15, 0.2) is 0 Å². The Bertz CT molecular complexity index is 393. The van der Waals surface area contributed by atoms with Gasteiger partial charge in [-0.25, -0.2) is 4.37 Å². The molecule has 1 spiro atoms. The predicted molar refractivity (Wildman–Crippen MR) is 66.2 cm³/mol. The maximum atomic E-state index is 6.09. The quantitative estimate of drug-likeness (QED) is 0.829. The van der Waals surface area contributed by atoms with Gasteiger partial charge in [-0.15, -0.1) is 0 Å². The summed E-state index contributed by atoms with van der Waals surface area (Å²) in [6.07, 6.45) is 2.86. The average Bonchev–Trinajstić information content (AvgIpc) is 2.88. The molecule has 0 aromatic carbocycles. The van der Waals surface area contributed by atoms with Crippen LogP contribution in [-0.2, 0) is 9.47 Å². The minimum atomic E-state index is -0.218. The van der Waals surface area contributed by atoms with Crippen molar-refractivity contribution in [3.63, 3.8) is 0 Å². The molecule has 1 aromatic rings. The Morgan fingerprint density at radius 3 is 3.00 bits per heavy atom. The third-order valence-electron chi connectivity index (χ3n) is 3.58. The van der Waals surface area contributed by atoms with Gasteiger partial charge in [0.05, 0.1) is 24.9 Å². The molecule has 0 saturated carbocycles. The lowest BCUT2D eigenvalue weighted by atomic mass is 9.83. The Hall–Kier alpha value is -0.490. The zero-order valence-corrected chi connectivity index (χ0v) is 11.0. The maximum Gasteiger partial charge on any atom is 0.114 e. The maximum absolute atomic E-state index is 6.09. The first-order chi connectivity index (χ1) is 8.11. The molecular formula is C12H18N2O2S. The van der Waals surface area contributed by atoms with Crippen LogP contribution in [0.1, 0.15) is 31.9 Å². The van der Waals surface area contributed by atoms with Gasteiger partial charge >= 0.3 is 0 Å². The monoisotopic (exact) mass is 254 g/mol. The highest BCUT2D eigenvalue weighted by Gasteiger charge is 2.52. The molecule has 2 unspecified atom stereocenters. The highest BCUT2D eigenvalue weighted by molar-refractivity contribution is 7.03. The van der Waals surface area contributed by atoms with Crippen molar-refractivity contribution in [2.24, 2.45) is 0 Å². The van der Waals surface area contributed by atoms with Crippen molar-refractivity contribution in [1.82, 2.24) is 9.69 Å². The van der Waals surface area contributed by atoms with E-state index in [9.17, 15) is 0 Å². The molecule has 5 heteroatoms. The average molecular weight is 254 g/mol. The Morgan fingerprint density at radius 2 is 2.35 bits per heavy atom. The van der Waals surface area contributed by atoms with Crippen molar-refractivity contribution >= 4 is 11.5 Å². The fraction of sp³-hybridized carbons (Fsp3) is 0.750. The summed E-state index contributed by atoms with van der Waals surface area (Å²) in [7, 11) is 0. The van der Waals surface area contributed by atoms with Crippen LogP contribution < -0.4 is 5.32 Å². The number of rotatable bonds is 1. The van der Waals surface area contributed by atoms with Crippen LogP contribution in [0.15, 0.2) is 11.6 Å². The number of ether oxygens (including phenoxy) is 2. The van der Waals surface area contributed by atoms with Gasteiger partial charge in [0.1, 0.15) is 5.60 Å². The predicted octanol–water partition coefficient (Wildman–Crippen LogP) is 1.74. The molecule has 2 fully saturated rings. The summed E-state index contributed by atoms with van der Waals surface area (Å²) >= 11 is 1.49. The molecule has 2 saturated heterocycles.